The molecule has 164 valence electrons. The van der Waals surface area contributed by atoms with Crippen molar-refractivity contribution in [1.29, 1.82) is 0 Å². The van der Waals surface area contributed by atoms with Crippen molar-refractivity contribution >= 4 is 29.9 Å². The van der Waals surface area contributed by atoms with Crippen LogP contribution in [0.3, 0.4) is 0 Å². The normalized spacial score (nSPS) is 27.1. The Hall–Kier alpha value is -0.0800. The van der Waals surface area contributed by atoms with Crippen LogP contribution in [0.25, 0.3) is 0 Å². The van der Waals surface area contributed by atoms with E-state index in [1.54, 1.807) is 0 Å². The smallest absolute Gasteiger partial charge is 0.193 e. The van der Waals surface area contributed by atoms with Gasteiger partial charge in [-0.1, -0.05) is 20.3 Å². The van der Waals surface area contributed by atoms with Crippen molar-refractivity contribution in [3.8, 4) is 0 Å². The molecule has 3 heterocycles. The average Bonchev–Trinajstić information content (AvgIpc) is 3.12. The zero-order chi connectivity index (χ0) is 19.3. The second kappa shape index (κ2) is 11.3. The van der Waals surface area contributed by atoms with Gasteiger partial charge < -0.3 is 15.1 Å². The highest BCUT2D eigenvalue weighted by Crippen LogP contribution is 2.31. The molecular weight excluding hydrogens is 461 g/mol. The van der Waals surface area contributed by atoms with Crippen molar-refractivity contribution in [2.24, 2.45) is 16.8 Å². The number of piperidine rings is 2. The minimum Gasteiger partial charge on any atom is -0.354 e. The molecule has 0 saturated carbocycles. The lowest BCUT2D eigenvalue weighted by Crippen LogP contribution is -2.62. The highest BCUT2D eigenvalue weighted by Gasteiger charge is 2.40. The Morgan fingerprint density at radius 2 is 1.75 bits per heavy atom. The van der Waals surface area contributed by atoms with Gasteiger partial charge in [0.25, 0.3) is 0 Å². The third-order valence-corrected chi connectivity index (χ3v) is 7.12. The summed E-state index contributed by atoms with van der Waals surface area (Å²) in [6.07, 6.45) is 9.38. The molecule has 0 aromatic rings. The van der Waals surface area contributed by atoms with Crippen molar-refractivity contribution < 1.29 is 0 Å². The maximum atomic E-state index is 4.66. The van der Waals surface area contributed by atoms with E-state index in [0.717, 1.165) is 30.9 Å². The molecular formula is C22H44IN5. The van der Waals surface area contributed by atoms with E-state index in [-0.39, 0.29) is 24.0 Å². The van der Waals surface area contributed by atoms with Gasteiger partial charge in [0.05, 0.1) is 0 Å². The molecule has 28 heavy (non-hydrogen) atoms. The number of rotatable bonds is 5. The third kappa shape index (κ3) is 6.21. The van der Waals surface area contributed by atoms with Crippen LogP contribution in [0.4, 0.5) is 0 Å². The summed E-state index contributed by atoms with van der Waals surface area (Å²) in [4.78, 5) is 12.5. The summed E-state index contributed by atoms with van der Waals surface area (Å²) >= 11 is 0. The third-order valence-electron chi connectivity index (χ3n) is 7.12. The highest BCUT2D eigenvalue weighted by atomic mass is 127. The largest absolute Gasteiger partial charge is 0.354 e. The van der Waals surface area contributed by atoms with Crippen LogP contribution in [0.5, 0.6) is 0 Å². The number of nitrogens with one attached hydrogen (secondary N) is 1. The van der Waals surface area contributed by atoms with Gasteiger partial charge in [-0.2, -0.15) is 0 Å². The summed E-state index contributed by atoms with van der Waals surface area (Å²) in [6.45, 7) is 13.1. The first-order valence-corrected chi connectivity index (χ1v) is 11.4. The van der Waals surface area contributed by atoms with Crippen LogP contribution in [0, 0.1) is 11.8 Å². The van der Waals surface area contributed by atoms with Gasteiger partial charge >= 0.3 is 0 Å². The van der Waals surface area contributed by atoms with E-state index in [2.05, 4.69) is 45.9 Å². The SMILES string of the molecule is CN=C(NCC1(N2CCCCC2)CCN(C)CC1)N1CCC(CC(C)C)C1.I. The van der Waals surface area contributed by atoms with Gasteiger partial charge in [0.15, 0.2) is 5.96 Å². The summed E-state index contributed by atoms with van der Waals surface area (Å²) in [6, 6.07) is 0. The standard InChI is InChI=1S/C22H43N5.HI/c1-19(2)16-20-8-13-26(17-20)21(23-3)24-18-22(9-14-25(4)15-10-22)27-11-6-5-7-12-27;/h19-20H,5-18H2,1-4H3,(H,23,24);1H. The van der Waals surface area contributed by atoms with Gasteiger partial charge in [0.1, 0.15) is 0 Å². The molecule has 0 spiro atoms. The van der Waals surface area contributed by atoms with Crippen molar-refractivity contribution in [3.63, 3.8) is 0 Å². The number of nitrogens with zero attached hydrogens (tertiary/aromatic N) is 4. The molecule has 1 atom stereocenters. The van der Waals surface area contributed by atoms with E-state index in [4.69, 9.17) is 0 Å². The van der Waals surface area contributed by atoms with Crippen LogP contribution in [0.15, 0.2) is 4.99 Å². The van der Waals surface area contributed by atoms with Gasteiger partial charge in [-0.15, -0.1) is 24.0 Å². The molecule has 6 heteroatoms. The second-order valence-electron chi connectivity index (χ2n) is 9.71. The average molecular weight is 506 g/mol. The Morgan fingerprint density at radius 3 is 2.36 bits per heavy atom. The van der Waals surface area contributed by atoms with E-state index in [9.17, 15) is 0 Å². The molecule has 0 bridgehead atoms. The lowest BCUT2D eigenvalue weighted by Gasteiger charge is -2.50. The van der Waals surface area contributed by atoms with E-state index in [1.807, 2.05) is 7.05 Å². The Kier molecular flexibility index (Phi) is 9.81. The van der Waals surface area contributed by atoms with Gasteiger partial charge in [0, 0.05) is 32.2 Å². The maximum Gasteiger partial charge on any atom is 0.193 e. The van der Waals surface area contributed by atoms with Crippen molar-refractivity contribution in [2.45, 2.75) is 64.3 Å². The fraction of sp³-hybridized carbons (Fsp3) is 0.955. The van der Waals surface area contributed by atoms with Crippen LogP contribution in [0.2, 0.25) is 0 Å². The summed E-state index contributed by atoms with van der Waals surface area (Å²) in [7, 11) is 4.23. The number of aliphatic imine (C=N–C) groups is 1. The number of likely N-dealkylation sites (tertiary alicyclic amines) is 3. The van der Waals surface area contributed by atoms with Crippen LogP contribution in [0.1, 0.15) is 58.8 Å². The van der Waals surface area contributed by atoms with Crippen LogP contribution >= 0.6 is 24.0 Å². The van der Waals surface area contributed by atoms with Crippen molar-refractivity contribution in [2.75, 3.05) is 59.9 Å². The molecule has 1 unspecified atom stereocenters. The quantitative estimate of drug-likeness (QED) is 0.353. The van der Waals surface area contributed by atoms with Crippen molar-refractivity contribution in [3.05, 3.63) is 0 Å². The zero-order valence-corrected chi connectivity index (χ0v) is 21.1. The fourth-order valence-electron chi connectivity index (χ4n) is 5.47. The van der Waals surface area contributed by atoms with E-state index < -0.39 is 0 Å². The highest BCUT2D eigenvalue weighted by molar-refractivity contribution is 14.0. The summed E-state index contributed by atoms with van der Waals surface area (Å²) in [5, 5.41) is 3.82. The molecule has 0 radical (unpaired) electrons. The topological polar surface area (TPSA) is 34.1 Å². The Balaban J connectivity index is 0.00000280. The summed E-state index contributed by atoms with van der Waals surface area (Å²) in [5.41, 5.74) is 0.319. The first-order chi connectivity index (χ1) is 13.0. The Morgan fingerprint density at radius 1 is 1.07 bits per heavy atom. The molecule has 0 aromatic heterocycles. The summed E-state index contributed by atoms with van der Waals surface area (Å²) in [5.74, 6) is 2.77. The lowest BCUT2D eigenvalue weighted by atomic mass is 9.84. The minimum atomic E-state index is 0. The monoisotopic (exact) mass is 505 g/mol. The molecule has 1 N–H and O–H groups in total. The summed E-state index contributed by atoms with van der Waals surface area (Å²) < 4.78 is 0. The van der Waals surface area contributed by atoms with E-state index in [1.165, 1.54) is 77.7 Å². The minimum absolute atomic E-state index is 0. The first-order valence-electron chi connectivity index (χ1n) is 11.4. The first kappa shape index (κ1) is 24.2. The Bertz CT molecular complexity index is 481. The number of hydrogen-bond donors (Lipinski definition) is 1. The maximum absolute atomic E-state index is 4.66. The second-order valence-corrected chi connectivity index (χ2v) is 9.71. The predicted octanol–water partition coefficient (Wildman–Crippen LogP) is 3.50. The van der Waals surface area contributed by atoms with E-state index in [0.29, 0.717) is 5.54 Å². The molecule has 3 saturated heterocycles. The molecule has 3 aliphatic rings. The molecule has 0 aromatic carbocycles. The van der Waals surface area contributed by atoms with Gasteiger partial charge in [-0.25, -0.2) is 0 Å². The fourth-order valence-corrected chi connectivity index (χ4v) is 5.47. The molecule has 3 aliphatic heterocycles. The number of hydrogen-bond acceptors (Lipinski definition) is 3. The zero-order valence-electron chi connectivity index (χ0n) is 18.8. The van der Waals surface area contributed by atoms with Crippen LogP contribution < -0.4 is 5.32 Å². The predicted molar refractivity (Wildman–Crippen MR) is 131 cm³/mol. The molecule has 0 aliphatic carbocycles. The number of guanidine groups is 1. The Labute approximate surface area is 190 Å². The van der Waals surface area contributed by atoms with Gasteiger partial charge in [0.2, 0.25) is 0 Å². The lowest BCUT2D eigenvalue weighted by molar-refractivity contribution is 0.0170. The number of halogens is 1. The molecule has 5 nitrogen and oxygen atoms in total. The van der Waals surface area contributed by atoms with Crippen molar-refractivity contribution in [1.82, 2.24) is 20.0 Å². The van der Waals surface area contributed by atoms with Crippen LogP contribution in [-0.4, -0.2) is 86.1 Å². The molecule has 3 fully saturated rings. The van der Waals surface area contributed by atoms with Crippen LogP contribution in [-0.2, 0) is 0 Å². The van der Waals surface area contributed by atoms with E-state index >= 15 is 0 Å². The molecule has 0 amide bonds. The molecule has 3 rings (SSSR count). The van der Waals surface area contributed by atoms with Gasteiger partial charge in [-0.3, -0.25) is 9.89 Å². The van der Waals surface area contributed by atoms with Gasteiger partial charge in [-0.05, 0) is 83.6 Å².